The van der Waals surface area contributed by atoms with Gasteiger partial charge in [-0.2, -0.15) is 0 Å². The van der Waals surface area contributed by atoms with Crippen LogP contribution in [0.2, 0.25) is 10.0 Å². The molecule has 2 aromatic carbocycles. The Kier molecular flexibility index (Phi) is 6.74. The van der Waals surface area contributed by atoms with Gasteiger partial charge in [-0.15, -0.1) is 0 Å². The molecule has 0 bridgehead atoms. The van der Waals surface area contributed by atoms with Gasteiger partial charge in [0.15, 0.2) is 0 Å². The lowest BCUT2D eigenvalue weighted by Crippen LogP contribution is -2.14. The summed E-state index contributed by atoms with van der Waals surface area (Å²) in [5.74, 6) is 0.707. The maximum absolute atomic E-state index is 12.1. The average Bonchev–Trinajstić information content (AvgIpc) is 2.52. The molecular formula is C20H23Cl2NO2. The van der Waals surface area contributed by atoms with Gasteiger partial charge < -0.3 is 10.1 Å². The van der Waals surface area contributed by atoms with E-state index < -0.39 is 0 Å². The topological polar surface area (TPSA) is 38.3 Å². The van der Waals surface area contributed by atoms with Crippen LogP contribution in [0.25, 0.3) is 0 Å². The Bertz CT molecular complexity index is 741. The highest BCUT2D eigenvalue weighted by molar-refractivity contribution is 6.34. The first-order chi connectivity index (χ1) is 11.8. The third kappa shape index (κ3) is 5.38. The summed E-state index contributed by atoms with van der Waals surface area (Å²) in [5.41, 5.74) is 4.68. The molecule has 0 atom stereocenters. The second-order valence-electron chi connectivity index (χ2n) is 6.31. The number of ether oxygens (including phenoxy) is 1. The van der Waals surface area contributed by atoms with Crippen LogP contribution in [-0.4, -0.2) is 12.5 Å². The van der Waals surface area contributed by atoms with Gasteiger partial charge in [-0.05, 0) is 74.6 Å². The monoisotopic (exact) mass is 379 g/mol. The fourth-order valence-electron chi connectivity index (χ4n) is 2.69. The quantitative estimate of drug-likeness (QED) is 0.622. The summed E-state index contributed by atoms with van der Waals surface area (Å²) in [6, 6.07) is 7.66. The summed E-state index contributed by atoms with van der Waals surface area (Å²) >= 11 is 12.4. The van der Waals surface area contributed by atoms with Crippen molar-refractivity contribution in [1.82, 2.24) is 0 Å². The van der Waals surface area contributed by atoms with Gasteiger partial charge in [0.25, 0.3) is 0 Å². The predicted octanol–water partition coefficient (Wildman–Crippen LogP) is 6.02. The number of nitrogens with one attached hydrogen (secondary N) is 1. The van der Waals surface area contributed by atoms with E-state index in [-0.39, 0.29) is 5.91 Å². The Labute approximate surface area is 159 Å². The maximum Gasteiger partial charge on any atom is 0.224 e. The lowest BCUT2D eigenvalue weighted by atomic mass is 10.1. The largest absolute Gasteiger partial charge is 0.494 e. The van der Waals surface area contributed by atoms with Crippen molar-refractivity contribution in [2.45, 2.75) is 40.5 Å². The zero-order chi connectivity index (χ0) is 18.6. The van der Waals surface area contributed by atoms with E-state index in [9.17, 15) is 4.79 Å². The Morgan fingerprint density at radius 1 is 1.00 bits per heavy atom. The molecule has 134 valence electrons. The van der Waals surface area contributed by atoms with Crippen LogP contribution < -0.4 is 10.1 Å². The van der Waals surface area contributed by atoms with Crippen molar-refractivity contribution < 1.29 is 9.53 Å². The second kappa shape index (κ2) is 8.59. The van der Waals surface area contributed by atoms with Crippen LogP contribution >= 0.6 is 23.2 Å². The highest BCUT2D eigenvalue weighted by atomic mass is 35.5. The molecular weight excluding hydrogens is 357 g/mol. The van der Waals surface area contributed by atoms with Gasteiger partial charge in [-0.1, -0.05) is 29.3 Å². The van der Waals surface area contributed by atoms with Crippen LogP contribution in [0.1, 0.15) is 35.1 Å². The van der Waals surface area contributed by atoms with Crippen LogP contribution in [0.3, 0.4) is 0 Å². The van der Waals surface area contributed by atoms with Crippen molar-refractivity contribution >= 4 is 34.8 Å². The van der Waals surface area contributed by atoms with Gasteiger partial charge >= 0.3 is 0 Å². The van der Waals surface area contributed by atoms with E-state index in [1.54, 1.807) is 0 Å². The van der Waals surface area contributed by atoms with Crippen molar-refractivity contribution in [3.8, 4) is 5.75 Å². The fourth-order valence-corrected chi connectivity index (χ4v) is 3.17. The maximum atomic E-state index is 12.1. The van der Waals surface area contributed by atoms with E-state index >= 15 is 0 Å². The number of carbonyl (C=O) groups excluding carboxylic acids is 1. The van der Waals surface area contributed by atoms with Crippen LogP contribution in [-0.2, 0) is 4.79 Å². The van der Waals surface area contributed by atoms with Crippen LogP contribution in [0.4, 0.5) is 5.69 Å². The number of halogens is 2. The van der Waals surface area contributed by atoms with Gasteiger partial charge in [0.2, 0.25) is 5.91 Å². The van der Waals surface area contributed by atoms with Crippen molar-refractivity contribution in [3.05, 3.63) is 56.6 Å². The van der Waals surface area contributed by atoms with Crippen molar-refractivity contribution in [1.29, 1.82) is 0 Å². The molecule has 0 aliphatic rings. The fraction of sp³-hybridized carbons (Fsp3) is 0.350. The van der Waals surface area contributed by atoms with Gasteiger partial charge in [0, 0.05) is 11.4 Å². The van der Waals surface area contributed by atoms with Crippen LogP contribution in [0.15, 0.2) is 24.3 Å². The molecule has 2 rings (SSSR count). The van der Waals surface area contributed by atoms with Crippen LogP contribution in [0.5, 0.6) is 5.75 Å². The molecule has 1 amide bonds. The highest BCUT2D eigenvalue weighted by Gasteiger charge is 2.10. The molecule has 3 nitrogen and oxygen atoms in total. The molecule has 0 unspecified atom stereocenters. The molecule has 0 heterocycles. The SMILES string of the molecule is Cc1cc(C)c(NC(=O)CCCOc2cc(C)c(Cl)c(C)c2)c(Cl)c1. The number of hydrogen-bond donors (Lipinski definition) is 1. The summed E-state index contributed by atoms with van der Waals surface area (Å²) in [7, 11) is 0. The number of rotatable bonds is 6. The first-order valence-corrected chi connectivity index (χ1v) is 8.99. The Balaban J connectivity index is 1.83. The number of benzene rings is 2. The van der Waals surface area contributed by atoms with E-state index in [0.29, 0.717) is 30.2 Å². The molecule has 25 heavy (non-hydrogen) atoms. The standard InChI is InChI=1S/C20H23Cl2NO2/c1-12-8-15(4)20(17(21)9-12)23-18(24)6-5-7-25-16-10-13(2)19(22)14(3)11-16/h8-11H,5-7H2,1-4H3,(H,23,24). The third-order valence-corrected chi connectivity index (χ3v) is 4.82. The molecule has 0 saturated carbocycles. The minimum Gasteiger partial charge on any atom is -0.494 e. The molecule has 0 spiro atoms. The number of carbonyl (C=O) groups is 1. The molecule has 1 N–H and O–H groups in total. The van der Waals surface area contributed by atoms with Gasteiger partial charge in [0.1, 0.15) is 5.75 Å². The normalized spacial score (nSPS) is 10.6. The van der Waals surface area contributed by atoms with Crippen LogP contribution in [0, 0.1) is 27.7 Å². The number of hydrogen-bond acceptors (Lipinski definition) is 2. The molecule has 5 heteroatoms. The predicted molar refractivity (Wildman–Crippen MR) is 105 cm³/mol. The minimum absolute atomic E-state index is 0.0686. The van der Waals surface area contributed by atoms with Crippen molar-refractivity contribution in [3.63, 3.8) is 0 Å². The Morgan fingerprint density at radius 2 is 1.64 bits per heavy atom. The lowest BCUT2D eigenvalue weighted by Gasteiger charge is -2.12. The molecule has 0 saturated heterocycles. The summed E-state index contributed by atoms with van der Waals surface area (Å²) in [6.45, 7) is 8.27. The highest BCUT2D eigenvalue weighted by Crippen LogP contribution is 2.28. The van der Waals surface area contributed by atoms with E-state index in [1.807, 2.05) is 52.0 Å². The Morgan fingerprint density at radius 3 is 2.24 bits per heavy atom. The number of anilines is 1. The molecule has 0 radical (unpaired) electrons. The number of aryl methyl sites for hydroxylation is 4. The summed E-state index contributed by atoms with van der Waals surface area (Å²) < 4.78 is 5.72. The molecule has 0 fully saturated rings. The average molecular weight is 380 g/mol. The second-order valence-corrected chi connectivity index (χ2v) is 7.10. The zero-order valence-corrected chi connectivity index (χ0v) is 16.5. The minimum atomic E-state index is -0.0686. The summed E-state index contributed by atoms with van der Waals surface area (Å²) in [4.78, 5) is 12.1. The third-order valence-electron chi connectivity index (χ3n) is 3.92. The molecule has 0 aliphatic heterocycles. The summed E-state index contributed by atoms with van der Waals surface area (Å²) in [6.07, 6.45) is 0.990. The van der Waals surface area contributed by atoms with E-state index in [0.717, 1.165) is 33.0 Å². The van der Waals surface area contributed by atoms with Gasteiger partial charge in [-0.25, -0.2) is 0 Å². The Hall–Kier alpha value is -1.71. The molecule has 2 aromatic rings. The smallest absolute Gasteiger partial charge is 0.224 e. The summed E-state index contributed by atoms with van der Waals surface area (Å²) in [5, 5.41) is 4.21. The molecule has 0 aliphatic carbocycles. The van der Waals surface area contributed by atoms with Gasteiger partial charge in [-0.3, -0.25) is 4.79 Å². The number of amides is 1. The lowest BCUT2D eigenvalue weighted by molar-refractivity contribution is -0.116. The van der Waals surface area contributed by atoms with E-state index in [4.69, 9.17) is 27.9 Å². The van der Waals surface area contributed by atoms with Crippen molar-refractivity contribution in [2.75, 3.05) is 11.9 Å². The zero-order valence-electron chi connectivity index (χ0n) is 15.0. The molecule has 0 aromatic heterocycles. The van der Waals surface area contributed by atoms with E-state index in [1.165, 1.54) is 0 Å². The first-order valence-electron chi connectivity index (χ1n) is 8.24. The van der Waals surface area contributed by atoms with Gasteiger partial charge in [0.05, 0.1) is 17.3 Å². The van der Waals surface area contributed by atoms with Crippen molar-refractivity contribution in [2.24, 2.45) is 0 Å². The van der Waals surface area contributed by atoms with E-state index in [2.05, 4.69) is 5.32 Å². The first kappa shape index (κ1) is 19.6.